The van der Waals surface area contributed by atoms with Gasteiger partial charge in [0.05, 0.1) is 25.4 Å². The maximum absolute atomic E-state index is 12.6. The lowest BCUT2D eigenvalue weighted by molar-refractivity contribution is -0.143. The molecule has 2 unspecified atom stereocenters. The molecule has 0 spiro atoms. The molecule has 0 heterocycles. The summed E-state index contributed by atoms with van der Waals surface area (Å²) in [4.78, 5) is 24.7. The second kappa shape index (κ2) is 78.5. The maximum Gasteiger partial charge on any atom is 0.305 e. The van der Waals surface area contributed by atoms with Crippen molar-refractivity contribution >= 4 is 11.9 Å². The number of allylic oxidation sites excluding steroid dienone is 5. The third-order valence-electron chi connectivity index (χ3n) is 19.2. The topological polar surface area (TPSA) is 95.9 Å². The minimum Gasteiger partial charge on any atom is -0.466 e. The fraction of sp³-hybridized carbons (Fsp3) is 0.904. The Labute approximate surface area is 557 Å². The minimum atomic E-state index is -0.846. The van der Waals surface area contributed by atoms with Crippen LogP contribution in [0.1, 0.15) is 457 Å². The number of amides is 1. The largest absolute Gasteiger partial charge is 0.466 e. The average molecular weight is 1250 g/mol. The Morgan fingerprint density at radius 3 is 0.854 bits per heavy atom. The fourth-order valence-electron chi connectivity index (χ4n) is 13.0. The first kappa shape index (κ1) is 87.1. The molecular formula is C83H159NO5. The van der Waals surface area contributed by atoms with Gasteiger partial charge < -0.3 is 20.3 Å². The molecular weight excluding hydrogens is 1090 g/mol. The van der Waals surface area contributed by atoms with Crippen molar-refractivity contribution in [3.05, 3.63) is 36.5 Å². The van der Waals surface area contributed by atoms with Crippen LogP contribution < -0.4 is 5.32 Å². The summed E-state index contributed by atoms with van der Waals surface area (Å²) in [6, 6.07) is -0.629. The van der Waals surface area contributed by atoms with E-state index >= 15 is 0 Å². The van der Waals surface area contributed by atoms with Gasteiger partial charge in [-0.1, -0.05) is 416 Å². The Balaban J connectivity index is 3.40. The van der Waals surface area contributed by atoms with Crippen LogP contribution >= 0.6 is 0 Å². The van der Waals surface area contributed by atoms with Crippen LogP contribution in [0, 0.1) is 0 Å². The predicted octanol–water partition coefficient (Wildman–Crippen LogP) is 27.0. The van der Waals surface area contributed by atoms with Crippen molar-refractivity contribution in [2.24, 2.45) is 0 Å². The average Bonchev–Trinajstić information content (AvgIpc) is 3.55. The number of aliphatic hydroxyl groups is 2. The molecule has 0 aliphatic rings. The lowest BCUT2D eigenvalue weighted by atomic mass is 10.0. The molecule has 0 aliphatic heterocycles. The Hall–Kier alpha value is -1.92. The Morgan fingerprint density at radius 2 is 0.562 bits per heavy atom. The third-order valence-corrected chi connectivity index (χ3v) is 19.2. The number of nitrogens with one attached hydrogen (secondary N) is 1. The molecule has 0 radical (unpaired) electrons. The van der Waals surface area contributed by atoms with E-state index in [2.05, 4.69) is 43.5 Å². The summed E-state index contributed by atoms with van der Waals surface area (Å²) in [5.74, 6) is -0.0443. The molecule has 0 saturated carbocycles. The SMILES string of the molecule is CCCCCCCCCCCCCCCCCCCCCCC/C=C/C(O)C(CO)NC(=O)CCCCCCCCCCCCCCCCC/C=C\C/C=C\CCCCCCCCCCCOC(=O)CCCCCCCCCCCCCCCCCCCC. The van der Waals surface area contributed by atoms with E-state index in [1.54, 1.807) is 6.08 Å². The zero-order chi connectivity index (χ0) is 64.2. The number of unbranched alkanes of at least 4 members (excludes halogenated alkanes) is 62. The van der Waals surface area contributed by atoms with Crippen molar-refractivity contribution in [1.82, 2.24) is 5.32 Å². The first-order chi connectivity index (χ1) is 44.0. The van der Waals surface area contributed by atoms with Crippen LogP contribution in [0.3, 0.4) is 0 Å². The van der Waals surface area contributed by atoms with Crippen LogP contribution in [-0.2, 0) is 14.3 Å². The summed E-state index contributed by atoms with van der Waals surface area (Å²) in [7, 11) is 0. The van der Waals surface area contributed by atoms with Crippen LogP contribution in [0.5, 0.6) is 0 Å². The molecule has 0 fully saturated rings. The standard InChI is InChI=1S/C83H159NO5/c1-3-5-7-9-11-13-15-17-19-21-23-24-34-37-40-43-47-51-55-59-63-67-71-75-81(86)80(79-85)84-82(87)76-72-68-64-60-56-52-48-44-41-38-35-32-30-28-26-25-27-29-31-33-36-39-42-46-50-54-58-62-66-70-74-78-89-83(88)77-73-69-65-61-57-53-49-45-22-20-18-16-14-12-10-8-6-4-2/h27,29,33,36,71,75,80-81,85-86H,3-26,28,30-32,34-35,37-70,72-74,76-79H2,1-2H3,(H,84,87)/b29-27-,36-33-,75-71+. The first-order valence-corrected chi connectivity index (χ1v) is 40.8. The highest BCUT2D eigenvalue weighted by Gasteiger charge is 2.18. The number of hydrogen-bond donors (Lipinski definition) is 3. The van der Waals surface area contributed by atoms with E-state index in [0.29, 0.717) is 19.4 Å². The molecule has 2 atom stereocenters. The van der Waals surface area contributed by atoms with Gasteiger partial charge in [-0.05, 0) is 64.2 Å². The van der Waals surface area contributed by atoms with Crippen molar-refractivity contribution in [3.63, 3.8) is 0 Å². The van der Waals surface area contributed by atoms with E-state index in [1.165, 1.54) is 385 Å². The van der Waals surface area contributed by atoms with Crippen LogP contribution in [0.4, 0.5) is 0 Å². The lowest BCUT2D eigenvalue weighted by Crippen LogP contribution is -2.45. The normalized spacial score (nSPS) is 12.6. The van der Waals surface area contributed by atoms with Gasteiger partial charge in [0, 0.05) is 12.8 Å². The third kappa shape index (κ3) is 75.0. The van der Waals surface area contributed by atoms with Gasteiger partial charge in [-0.25, -0.2) is 0 Å². The number of aliphatic hydroxyl groups excluding tert-OH is 2. The van der Waals surface area contributed by atoms with Gasteiger partial charge in [-0.15, -0.1) is 0 Å². The van der Waals surface area contributed by atoms with E-state index in [-0.39, 0.29) is 18.5 Å². The van der Waals surface area contributed by atoms with Crippen LogP contribution in [0.15, 0.2) is 36.5 Å². The number of rotatable bonds is 77. The van der Waals surface area contributed by atoms with Crippen LogP contribution in [-0.4, -0.2) is 47.4 Å². The van der Waals surface area contributed by atoms with Crippen molar-refractivity contribution in [3.8, 4) is 0 Å². The monoisotopic (exact) mass is 1250 g/mol. The summed E-state index contributed by atoms with van der Waals surface area (Å²) in [6.07, 6.45) is 103. The quantitative estimate of drug-likeness (QED) is 0.0320. The minimum absolute atomic E-state index is 0.0182. The second-order valence-corrected chi connectivity index (χ2v) is 28.1. The second-order valence-electron chi connectivity index (χ2n) is 28.1. The van der Waals surface area contributed by atoms with E-state index in [1.807, 2.05) is 6.08 Å². The molecule has 0 aromatic carbocycles. The molecule has 0 rings (SSSR count). The molecule has 6 nitrogen and oxygen atoms in total. The summed E-state index contributed by atoms with van der Waals surface area (Å²) in [6.45, 7) is 4.96. The predicted molar refractivity (Wildman–Crippen MR) is 393 cm³/mol. The summed E-state index contributed by atoms with van der Waals surface area (Å²) in [5, 5.41) is 23.3. The van der Waals surface area contributed by atoms with E-state index in [4.69, 9.17) is 4.74 Å². The van der Waals surface area contributed by atoms with Gasteiger partial charge in [0.1, 0.15) is 0 Å². The molecule has 0 bridgehead atoms. The molecule has 0 aliphatic carbocycles. The van der Waals surface area contributed by atoms with Crippen molar-refractivity contribution < 1.29 is 24.5 Å². The molecule has 0 saturated heterocycles. The summed E-state index contributed by atoms with van der Waals surface area (Å²) < 4.78 is 5.51. The number of ether oxygens (including phenoxy) is 1. The van der Waals surface area contributed by atoms with Gasteiger partial charge in [-0.2, -0.15) is 0 Å². The number of esters is 1. The van der Waals surface area contributed by atoms with Gasteiger partial charge in [-0.3, -0.25) is 9.59 Å². The van der Waals surface area contributed by atoms with Crippen molar-refractivity contribution in [2.75, 3.05) is 13.2 Å². The van der Waals surface area contributed by atoms with Gasteiger partial charge in [0.25, 0.3) is 0 Å². The summed E-state index contributed by atoms with van der Waals surface area (Å²) >= 11 is 0. The van der Waals surface area contributed by atoms with Crippen LogP contribution in [0.2, 0.25) is 0 Å². The van der Waals surface area contributed by atoms with Crippen molar-refractivity contribution in [1.29, 1.82) is 0 Å². The lowest BCUT2D eigenvalue weighted by Gasteiger charge is -2.20. The summed E-state index contributed by atoms with van der Waals surface area (Å²) in [5.41, 5.74) is 0. The van der Waals surface area contributed by atoms with Gasteiger partial charge in [0.15, 0.2) is 0 Å². The molecule has 3 N–H and O–H groups in total. The number of carbonyl (C=O) groups excluding carboxylic acids is 2. The number of hydrogen-bond acceptors (Lipinski definition) is 5. The first-order valence-electron chi connectivity index (χ1n) is 40.8. The highest BCUT2D eigenvalue weighted by atomic mass is 16.5. The van der Waals surface area contributed by atoms with Crippen molar-refractivity contribution in [2.45, 2.75) is 469 Å². The molecule has 526 valence electrons. The zero-order valence-corrected chi connectivity index (χ0v) is 60.4. The Bertz CT molecular complexity index is 1440. The Morgan fingerprint density at radius 1 is 0.315 bits per heavy atom. The fourth-order valence-corrected chi connectivity index (χ4v) is 13.0. The maximum atomic E-state index is 12.6. The molecule has 0 aromatic rings. The van der Waals surface area contributed by atoms with E-state index in [0.717, 1.165) is 44.9 Å². The Kier molecular flexibility index (Phi) is 76.8. The highest BCUT2D eigenvalue weighted by molar-refractivity contribution is 5.76. The van der Waals surface area contributed by atoms with Gasteiger partial charge in [0.2, 0.25) is 5.91 Å². The van der Waals surface area contributed by atoms with Gasteiger partial charge >= 0.3 is 5.97 Å². The molecule has 6 heteroatoms. The van der Waals surface area contributed by atoms with E-state index < -0.39 is 12.1 Å². The zero-order valence-electron chi connectivity index (χ0n) is 60.4. The smallest absolute Gasteiger partial charge is 0.305 e. The van der Waals surface area contributed by atoms with E-state index in [9.17, 15) is 19.8 Å². The molecule has 0 aromatic heterocycles. The highest BCUT2D eigenvalue weighted by Crippen LogP contribution is 2.20. The number of carbonyl (C=O) groups is 2. The molecule has 1 amide bonds. The van der Waals surface area contributed by atoms with Crippen LogP contribution in [0.25, 0.3) is 0 Å². The molecule has 89 heavy (non-hydrogen) atoms.